The molecule has 0 bridgehead atoms. The van der Waals surface area contributed by atoms with Crippen LogP contribution in [-0.4, -0.2) is 47.2 Å². The summed E-state index contributed by atoms with van der Waals surface area (Å²) in [6, 6.07) is 11.6. The topological polar surface area (TPSA) is 52.2 Å². The molecule has 1 N–H and O–H groups in total. The van der Waals surface area contributed by atoms with Crippen molar-refractivity contribution >= 4 is 11.6 Å². The molecule has 0 saturated carbocycles. The van der Waals surface area contributed by atoms with Gasteiger partial charge < -0.3 is 9.80 Å². The molecule has 1 saturated heterocycles. The summed E-state index contributed by atoms with van der Waals surface area (Å²) in [5.41, 5.74) is 2.30. The minimum absolute atomic E-state index is 0.0465. The number of rotatable bonds is 5. The van der Waals surface area contributed by atoms with Gasteiger partial charge >= 0.3 is 0 Å². The maximum Gasteiger partial charge on any atom is 0.278 e. The Morgan fingerprint density at radius 1 is 1.27 bits per heavy atom. The molecule has 1 aromatic heterocycles. The van der Waals surface area contributed by atoms with Crippen LogP contribution in [0.1, 0.15) is 29.0 Å². The zero-order valence-electron chi connectivity index (χ0n) is 13.0. The number of aromatic nitrogens is 2. The van der Waals surface area contributed by atoms with Gasteiger partial charge in [-0.2, -0.15) is 5.10 Å². The largest absolute Gasteiger partial charge is 0.306 e. The quantitative estimate of drug-likeness (QED) is 0.922. The Morgan fingerprint density at radius 3 is 2.64 bits per heavy atom. The fraction of sp³-hybridized carbons (Fsp3) is 0.412. The van der Waals surface area contributed by atoms with E-state index in [0.717, 1.165) is 31.0 Å². The first-order valence-corrected chi connectivity index (χ1v) is 7.85. The third-order valence-corrected chi connectivity index (χ3v) is 4.08. The highest BCUT2D eigenvalue weighted by Gasteiger charge is 2.21. The van der Waals surface area contributed by atoms with E-state index < -0.39 is 0 Å². The Bertz CT molecular complexity index is 617. The SMILES string of the molecule is Cc1cc(C(=O)N(CCN2CCCC2)c2ccccc2)n[nH]1. The summed E-state index contributed by atoms with van der Waals surface area (Å²) in [7, 11) is 0. The highest BCUT2D eigenvalue weighted by atomic mass is 16.2. The number of nitrogens with one attached hydrogen (secondary N) is 1. The predicted molar refractivity (Wildman–Crippen MR) is 87.1 cm³/mol. The molecule has 0 radical (unpaired) electrons. The van der Waals surface area contributed by atoms with Crippen LogP contribution in [0.15, 0.2) is 36.4 Å². The van der Waals surface area contributed by atoms with E-state index in [2.05, 4.69) is 15.1 Å². The second-order valence-corrected chi connectivity index (χ2v) is 5.78. The van der Waals surface area contributed by atoms with Gasteiger partial charge in [-0.25, -0.2) is 0 Å². The van der Waals surface area contributed by atoms with Crippen molar-refractivity contribution in [2.45, 2.75) is 19.8 Å². The van der Waals surface area contributed by atoms with Crippen LogP contribution in [0.4, 0.5) is 5.69 Å². The van der Waals surface area contributed by atoms with Crippen molar-refractivity contribution in [2.24, 2.45) is 0 Å². The highest BCUT2D eigenvalue weighted by molar-refractivity contribution is 6.04. The third-order valence-electron chi connectivity index (χ3n) is 4.08. The fourth-order valence-corrected chi connectivity index (χ4v) is 2.87. The Balaban J connectivity index is 1.77. The van der Waals surface area contributed by atoms with Crippen LogP contribution in [0.25, 0.3) is 0 Å². The third kappa shape index (κ3) is 3.36. The van der Waals surface area contributed by atoms with Crippen molar-refractivity contribution in [3.63, 3.8) is 0 Å². The summed E-state index contributed by atoms with van der Waals surface area (Å²) >= 11 is 0. The first kappa shape index (κ1) is 14.8. The van der Waals surface area contributed by atoms with E-state index in [-0.39, 0.29) is 5.91 Å². The molecule has 22 heavy (non-hydrogen) atoms. The number of aromatic amines is 1. The van der Waals surface area contributed by atoms with E-state index in [1.54, 1.807) is 6.07 Å². The van der Waals surface area contributed by atoms with Gasteiger partial charge in [0.1, 0.15) is 0 Å². The van der Waals surface area contributed by atoms with Crippen LogP contribution in [0, 0.1) is 6.92 Å². The molecule has 3 rings (SSSR count). The van der Waals surface area contributed by atoms with Gasteiger partial charge in [0, 0.05) is 24.5 Å². The Labute approximate surface area is 130 Å². The molecule has 2 aromatic rings. The molecule has 5 nitrogen and oxygen atoms in total. The number of carbonyl (C=O) groups is 1. The molecular formula is C17H22N4O. The van der Waals surface area contributed by atoms with Gasteiger partial charge in [-0.05, 0) is 51.1 Å². The van der Waals surface area contributed by atoms with Crippen LogP contribution in [0.2, 0.25) is 0 Å². The number of hydrogen-bond acceptors (Lipinski definition) is 3. The smallest absolute Gasteiger partial charge is 0.278 e. The molecule has 1 fully saturated rings. The molecule has 1 aromatic carbocycles. The number of carbonyl (C=O) groups excluding carboxylic acids is 1. The number of likely N-dealkylation sites (tertiary alicyclic amines) is 1. The molecule has 0 spiro atoms. The number of para-hydroxylation sites is 1. The summed E-state index contributed by atoms with van der Waals surface area (Å²) in [5, 5.41) is 6.96. The number of anilines is 1. The molecule has 1 amide bonds. The molecular weight excluding hydrogens is 276 g/mol. The minimum Gasteiger partial charge on any atom is -0.306 e. The van der Waals surface area contributed by atoms with Gasteiger partial charge in [-0.1, -0.05) is 18.2 Å². The van der Waals surface area contributed by atoms with E-state index in [4.69, 9.17) is 0 Å². The van der Waals surface area contributed by atoms with Crippen molar-refractivity contribution in [3.8, 4) is 0 Å². The molecule has 0 unspecified atom stereocenters. The number of H-pyrrole nitrogens is 1. The van der Waals surface area contributed by atoms with Crippen molar-refractivity contribution in [2.75, 3.05) is 31.1 Å². The molecule has 0 aliphatic carbocycles. The second-order valence-electron chi connectivity index (χ2n) is 5.78. The summed E-state index contributed by atoms with van der Waals surface area (Å²) in [6.07, 6.45) is 2.52. The fourth-order valence-electron chi connectivity index (χ4n) is 2.87. The van der Waals surface area contributed by atoms with E-state index in [1.165, 1.54) is 12.8 Å². The van der Waals surface area contributed by atoms with Gasteiger partial charge in [0.05, 0.1) is 0 Å². The van der Waals surface area contributed by atoms with Crippen LogP contribution in [0.5, 0.6) is 0 Å². The summed E-state index contributed by atoms with van der Waals surface area (Å²) in [6.45, 7) is 5.77. The van der Waals surface area contributed by atoms with E-state index in [9.17, 15) is 4.79 Å². The molecule has 1 aliphatic rings. The lowest BCUT2D eigenvalue weighted by molar-refractivity contribution is 0.0979. The zero-order valence-corrected chi connectivity index (χ0v) is 13.0. The van der Waals surface area contributed by atoms with Crippen LogP contribution >= 0.6 is 0 Å². The average Bonchev–Trinajstić information content (AvgIpc) is 3.20. The van der Waals surface area contributed by atoms with Gasteiger partial charge in [-0.15, -0.1) is 0 Å². The normalized spacial score (nSPS) is 15.1. The Hall–Kier alpha value is -2.14. The van der Waals surface area contributed by atoms with Crippen molar-refractivity contribution in [1.82, 2.24) is 15.1 Å². The predicted octanol–water partition coefficient (Wildman–Crippen LogP) is 2.46. The molecule has 1 aliphatic heterocycles. The van der Waals surface area contributed by atoms with Gasteiger partial charge in [0.25, 0.3) is 5.91 Å². The first-order valence-electron chi connectivity index (χ1n) is 7.85. The zero-order chi connectivity index (χ0) is 15.4. The monoisotopic (exact) mass is 298 g/mol. The Morgan fingerprint density at radius 2 is 2.00 bits per heavy atom. The number of nitrogens with zero attached hydrogens (tertiary/aromatic N) is 3. The van der Waals surface area contributed by atoms with E-state index >= 15 is 0 Å². The molecule has 5 heteroatoms. The maximum absolute atomic E-state index is 12.8. The summed E-state index contributed by atoms with van der Waals surface area (Å²) in [4.78, 5) is 17.0. The molecule has 116 valence electrons. The molecule has 2 heterocycles. The Kier molecular flexibility index (Phi) is 4.53. The van der Waals surface area contributed by atoms with E-state index in [1.807, 2.05) is 42.2 Å². The average molecular weight is 298 g/mol. The van der Waals surface area contributed by atoms with Crippen molar-refractivity contribution < 1.29 is 4.79 Å². The lowest BCUT2D eigenvalue weighted by atomic mass is 10.2. The standard InChI is InChI=1S/C17H22N4O/c1-14-13-16(19-18-14)17(22)21(15-7-3-2-4-8-15)12-11-20-9-5-6-10-20/h2-4,7-8,13H,5-6,9-12H2,1H3,(H,18,19). The van der Waals surface area contributed by atoms with Gasteiger partial charge in [0.15, 0.2) is 5.69 Å². The van der Waals surface area contributed by atoms with E-state index in [0.29, 0.717) is 12.2 Å². The summed E-state index contributed by atoms with van der Waals surface area (Å²) < 4.78 is 0. The van der Waals surface area contributed by atoms with Crippen LogP contribution in [0.3, 0.4) is 0 Å². The number of aryl methyl sites for hydroxylation is 1. The van der Waals surface area contributed by atoms with Gasteiger partial charge in [0.2, 0.25) is 0 Å². The first-order chi connectivity index (χ1) is 10.7. The van der Waals surface area contributed by atoms with Crippen molar-refractivity contribution in [3.05, 3.63) is 47.8 Å². The number of hydrogen-bond donors (Lipinski definition) is 1. The summed E-state index contributed by atoms with van der Waals surface area (Å²) in [5.74, 6) is -0.0465. The highest BCUT2D eigenvalue weighted by Crippen LogP contribution is 2.17. The number of amides is 1. The van der Waals surface area contributed by atoms with Crippen LogP contribution in [-0.2, 0) is 0 Å². The second kappa shape index (κ2) is 6.75. The van der Waals surface area contributed by atoms with Crippen LogP contribution < -0.4 is 4.90 Å². The number of benzene rings is 1. The molecule has 0 atom stereocenters. The lowest BCUT2D eigenvalue weighted by Gasteiger charge is -2.25. The minimum atomic E-state index is -0.0465. The van der Waals surface area contributed by atoms with Crippen molar-refractivity contribution in [1.29, 1.82) is 0 Å². The lowest BCUT2D eigenvalue weighted by Crippen LogP contribution is -2.38. The van der Waals surface area contributed by atoms with Gasteiger partial charge in [-0.3, -0.25) is 9.89 Å². The maximum atomic E-state index is 12.8.